The van der Waals surface area contributed by atoms with Gasteiger partial charge in [0.15, 0.2) is 6.20 Å². The van der Waals surface area contributed by atoms with Crippen molar-refractivity contribution in [1.29, 1.82) is 0 Å². The fourth-order valence-electron chi connectivity index (χ4n) is 5.10. The Kier molecular flexibility index (Phi) is 5.03. The molecule has 0 aliphatic rings. The molecule has 1 nitrogen and oxygen atoms in total. The van der Waals surface area contributed by atoms with Gasteiger partial charge >= 0.3 is 0 Å². The lowest BCUT2D eigenvalue weighted by atomic mass is 9.96. The third kappa shape index (κ3) is 3.48. The number of pyridine rings is 1. The molecule has 5 aromatic rings. The molecule has 0 saturated carbocycles. The molecule has 162 valence electrons. The summed E-state index contributed by atoms with van der Waals surface area (Å²) in [6, 6.07) is 19.7. The van der Waals surface area contributed by atoms with Gasteiger partial charge in [-0.2, -0.15) is 4.57 Å². The summed E-state index contributed by atoms with van der Waals surface area (Å²) in [5.41, 5.74) is 8.27. The number of benzene rings is 3. The van der Waals surface area contributed by atoms with E-state index in [0.717, 1.165) is 0 Å². The number of aryl methyl sites for hydroxylation is 3. The van der Waals surface area contributed by atoms with Crippen molar-refractivity contribution in [3.05, 3.63) is 77.0 Å². The zero-order valence-electron chi connectivity index (χ0n) is 20.3. The van der Waals surface area contributed by atoms with Crippen LogP contribution in [0.2, 0.25) is 19.6 Å². The molecule has 0 atom stereocenters. The second-order valence-electron chi connectivity index (χ2n) is 10.6. The van der Waals surface area contributed by atoms with Crippen LogP contribution in [0.15, 0.2) is 54.7 Å². The molecule has 0 saturated heterocycles. The normalized spacial score (nSPS) is 12.3. The van der Waals surface area contributed by atoms with E-state index in [2.05, 4.69) is 107 Å². The summed E-state index contributed by atoms with van der Waals surface area (Å²) in [7, 11) is 0.952. The van der Waals surface area contributed by atoms with Crippen LogP contribution in [-0.4, -0.2) is 8.07 Å². The zero-order chi connectivity index (χ0) is 22.8. The lowest BCUT2D eigenvalue weighted by molar-refractivity contribution is -0.659. The molecule has 0 fully saturated rings. The predicted molar refractivity (Wildman–Crippen MR) is 145 cm³/mol. The Morgan fingerprint density at radius 1 is 0.875 bits per heavy atom. The second-order valence-corrected chi connectivity index (χ2v) is 17.1. The van der Waals surface area contributed by atoms with Crippen LogP contribution in [-0.2, 0) is 13.1 Å². The SMILES string of the molecule is Cc1cc(C)c(C)c(-c2c3sc4c(ccc5cccc(C[Si](C)(C)C)c54)c3cc[n+]2C)c1. The molecule has 5 rings (SSSR count). The first kappa shape index (κ1) is 21.4. The first-order valence-electron chi connectivity index (χ1n) is 11.5. The number of rotatable bonds is 3. The van der Waals surface area contributed by atoms with Gasteiger partial charge in [-0.25, -0.2) is 0 Å². The molecule has 32 heavy (non-hydrogen) atoms. The number of nitrogens with zero attached hydrogens (tertiary/aromatic N) is 1. The Balaban J connectivity index is 1.91. The van der Waals surface area contributed by atoms with Gasteiger partial charge in [0, 0.05) is 35.0 Å². The molecular weight excluding hydrogens is 422 g/mol. The molecule has 0 N–H and O–H groups in total. The van der Waals surface area contributed by atoms with Gasteiger partial charge in [-0.15, -0.1) is 11.3 Å². The summed E-state index contributed by atoms with van der Waals surface area (Å²) < 4.78 is 5.15. The maximum Gasteiger partial charge on any atom is 0.230 e. The van der Waals surface area contributed by atoms with Crippen LogP contribution in [0.5, 0.6) is 0 Å². The summed E-state index contributed by atoms with van der Waals surface area (Å²) in [5, 5.41) is 5.61. The van der Waals surface area contributed by atoms with Crippen LogP contribution in [0, 0.1) is 20.8 Å². The van der Waals surface area contributed by atoms with E-state index in [1.807, 2.05) is 11.3 Å². The highest BCUT2D eigenvalue weighted by Gasteiger charge is 2.23. The van der Waals surface area contributed by atoms with E-state index in [0.29, 0.717) is 0 Å². The van der Waals surface area contributed by atoms with Gasteiger partial charge in [0.1, 0.15) is 11.7 Å². The number of hydrogen-bond donors (Lipinski definition) is 0. The molecule has 0 aliphatic carbocycles. The lowest BCUT2D eigenvalue weighted by Gasteiger charge is -2.17. The minimum Gasteiger partial charge on any atom is -0.200 e. The Morgan fingerprint density at radius 3 is 2.38 bits per heavy atom. The van der Waals surface area contributed by atoms with Gasteiger partial charge in [0.25, 0.3) is 0 Å². The molecule has 0 spiro atoms. The van der Waals surface area contributed by atoms with Crippen molar-refractivity contribution >= 4 is 50.4 Å². The molecule has 0 unspecified atom stereocenters. The van der Waals surface area contributed by atoms with Crippen LogP contribution in [0.4, 0.5) is 0 Å². The van der Waals surface area contributed by atoms with Crippen molar-refractivity contribution in [2.24, 2.45) is 7.05 Å². The molecule has 0 bridgehead atoms. The summed E-state index contributed by atoms with van der Waals surface area (Å²) in [5.74, 6) is 0. The molecule has 3 heteroatoms. The van der Waals surface area contributed by atoms with E-state index in [-0.39, 0.29) is 0 Å². The highest BCUT2D eigenvalue weighted by atomic mass is 32.1. The summed E-state index contributed by atoms with van der Waals surface area (Å²) in [4.78, 5) is 0. The average molecular weight is 455 g/mol. The predicted octanol–water partition coefficient (Wildman–Crippen LogP) is 8.04. The Morgan fingerprint density at radius 2 is 1.62 bits per heavy atom. The van der Waals surface area contributed by atoms with E-state index in [1.54, 1.807) is 0 Å². The molecule has 0 amide bonds. The summed E-state index contributed by atoms with van der Waals surface area (Å²) in [6.07, 6.45) is 2.24. The number of aromatic nitrogens is 1. The number of hydrogen-bond acceptors (Lipinski definition) is 1. The van der Waals surface area contributed by atoms with Crippen LogP contribution >= 0.6 is 11.3 Å². The Hall–Kier alpha value is -2.49. The summed E-state index contributed by atoms with van der Waals surface area (Å²) in [6.45, 7) is 14.1. The van der Waals surface area contributed by atoms with Gasteiger partial charge in [0.2, 0.25) is 5.69 Å². The maximum atomic E-state index is 2.47. The quantitative estimate of drug-likeness (QED) is 0.192. The van der Waals surface area contributed by atoms with Crippen molar-refractivity contribution < 1.29 is 4.57 Å². The first-order chi connectivity index (χ1) is 15.1. The third-order valence-electron chi connectivity index (χ3n) is 6.64. The van der Waals surface area contributed by atoms with Gasteiger partial charge in [-0.05, 0) is 55.0 Å². The standard InChI is InChI=1S/C29H32NSSi/c1-18-15-19(2)20(3)25(16-18)27-29-24(13-14-30(27)4)23-12-11-21-9-8-10-22(17-32(5,6)7)26(21)28(23)31-29/h8-16H,17H2,1-7H3/q+1. The first-order valence-corrected chi connectivity index (χ1v) is 16.0. The summed E-state index contributed by atoms with van der Waals surface area (Å²) >= 11 is 1.98. The zero-order valence-corrected chi connectivity index (χ0v) is 22.1. The van der Waals surface area contributed by atoms with Gasteiger partial charge < -0.3 is 0 Å². The maximum absolute atomic E-state index is 2.47. The van der Waals surface area contributed by atoms with Crippen molar-refractivity contribution in [3.8, 4) is 11.3 Å². The van der Waals surface area contributed by atoms with Gasteiger partial charge in [-0.3, -0.25) is 0 Å². The van der Waals surface area contributed by atoms with E-state index in [4.69, 9.17) is 0 Å². The van der Waals surface area contributed by atoms with Gasteiger partial charge in [0.05, 0.1) is 5.56 Å². The number of fused-ring (bicyclic) bond motifs is 5. The minimum atomic E-state index is -1.23. The van der Waals surface area contributed by atoms with E-state index < -0.39 is 8.07 Å². The monoisotopic (exact) mass is 454 g/mol. The topological polar surface area (TPSA) is 3.88 Å². The van der Waals surface area contributed by atoms with Gasteiger partial charge in [-0.1, -0.05) is 61.6 Å². The number of thiophene rings is 1. The largest absolute Gasteiger partial charge is 0.230 e. The van der Waals surface area contributed by atoms with Crippen molar-refractivity contribution in [3.63, 3.8) is 0 Å². The molecule has 2 heterocycles. The van der Waals surface area contributed by atoms with Crippen LogP contribution < -0.4 is 4.57 Å². The van der Waals surface area contributed by atoms with Crippen LogP contribution in [0.1, 0.15) is 22.3 Å². The lowest BCUT2D eigenvalue weighted by Crippen LogP contribution is -2.30. The highest BCUT2D eigenvalue weighted by molar-refractivity contribution is 7.27. The Labute approximate surface area is 196 Å². The van der Waals surface area contributed by atoms with E-state index in [1.165, 1.54) is 70.5 Å². The Bertz CT molecular complexity index is 1520. The van der Waals surface area contributed by atoms with Crippen molar-refractivity contribution in [1.82, 2.24) is 0 Å². The van der Waals surface area contributed by atoms with E-state index >= 15 is 0 Å². The minimum absolute atomic E-state index is 1.22. The molecular formula is C29H32NSSi+. The van der Waals surface area contributed by atoms with E-state index in [9.17, 15) is 0 Å². The molecule has 2 aromatic heterocycles. The van der Waals surface area contributed by atoms with Crippen molar-refractivity contribution in [2.45, 2.75) is 46.5 Å². The third-order valence-corrected chi connectivity index (χ3v) is 9.33. The average Bonchev–Trinajstić information content (AvgIpc) is 3.08. The second kappa shape index (κ2) is 7.53. The molecule has 0 radical (unpaired) electrons. The fourth-order valence-corrected chi connectivity index (χ4v) is 8.01. The van der Waals surface area contributed by atoms with Crippen molar-refractivity contribution in [2.75, 3.05) is 0 Å². The van der Waals surface area contributed by atoms with Crippen LogP contribution in [0.25, 0.3) is 42.2 Å². The molecule has 0 aliphatic heterocycles. The smallest absolute Gasteiger partial charge is 0.200 e. The van der Waals surface area contributed by atoms with Crippen LogP contribution in [0.3, 0.4) is 0 Å². The molecule has 3 aromatic carbocycles. The highest BCUT2D eigenvalue weighted by Crippen LogP contribution is 2.43. The fraction of sp³-hybridized carbons (Fsp3) is 0.276.